The lowest BCUT2D eigenvalue weighted by atomic mass is 10.1. The number of H-pyrrole nitrogens is 1. The average Bonchev–Trinajstić information content (AvgIpc) is 3.53. The third kappa shape index (κ3) is 4.16. The van der Waals surface area contributed by atoms with Crippen molar-refractivity contribution in [1.29, 1.82) is 0 Å². The van der Waals surface area contributed by atoms with Crippen molar-refractivity contribution in [3.8, 4) is 11.1 Å². The largest absolute Gasteiger partial charge is 0.355 e. The summed E-state index contributed by atoms with van der Waals surface area (Å²) >= 11 is 13.2. The molecule has 0 saturated heterocycles. The number of anilines is 1. The van der Waals surface area contributed by atoms with E-state index in [0.717, 1.165) is 24.0 Å². The first kappa shape index (κ1) is 21.1. The Hall–Kier alpha value is -2.74. The number of rotatable bonds is 6. The van der Waals surface area contributed by atoms with Gasteiger partial charge in [0.1, 0.15) is 11.0 Å². The second-order valence-electron chi connectivity index (χ2n) is 7.56. The lowest BCUT2D eigenvalue weighted by Gasteiger charge is -2.12. The van der Waals surface area contributed by atoms with Gasteiger partial charge in [0.05, 0.1) is 15.8 Å². The molecule has 1 saturated carbocycles. The summed E-state index contributed by atoms with van der Waals surface area (Å²) in [7, 11) is 0. The number of benzene rings is 2. The molecule has 0 aliphatic heterocycles. The summed E-state index contributed by atoms with van der Waals surface area (Å²) in [5.74, 6) is -0.113. The number of halogens is 2. The number of fused-ring (bicyclic) bond motifs is 1. The molecule has 0 unspecified atom stereocenters. The maximum absolute atomic E-state index is 13.2. The molecule has 4 aromatic rings. The van der Waals surface area contributed by atoms with E-state index in [2.05, 4.69) is 10.3 Å². The van der Waals surface area contributed by atoms with Crippen molar-refractivity contribution in [2.24, 2.45) is 0 Å². The number of hydrogen-bond acceptors (Lipinski definition) is 4. The van der Waals surface area contributed by atoms with Crippen molar-refractivity contribution >= 4 is 57.6 Å². The first-order chi connectivity index (χ1) is 15.5. The number of nitrogens with zero attached hydrogens (tertiary/aromatic N) is 2. The number of nitrogens with one attached hydrogen (secondary N) is 2. The third-order valence-corrected chi connectivity index (χ3v) is 6.92. The van der Waals surface area contributed by atoms with E-state index in [1.54, 1.807) is 22.8 Å². The van der Waals surface area contributed by atoms with Gasteiger partial charge >= 0.3 is 0 Å². The van der Waals surface area contributed by atoms with E-state index in [-0.39, 0.29) is 23.3 Å². The Morgan fingerprint density at radius 3 is 2.66 bits per heavy atom. The van der Waals surface area contributed by atoms with E-state index >= 15 is 0 Å². The molecule has 9 heteroatoms. The quantitative estimate of drug-likeness (QED) is 0.269. The zero-order chi connectivity index (χ0) is 22.2. The highest BCUT2D eigenvalue weighted by Crippen LogP contribution is 2.37. The predicted octanol–water partition coefficient (Wildman–Crippen LogP) is 5.76. The molecule has 6 nitrogen and oxygen atoms in total. The van der Waals surface area contributed by atoms with E-state index < -0.39 is 0 Å². The Bertz CT molecular complexity index is 1380. The Balaban J connectivity index is 1.44. The topological polar surface area (TPSA) is 79.8 Å². The van der Waals surface area contributed by atoms with Crippen molar-refractivity contribution in [2.75, 3.05) is 11.1 Å². The van der Waals surface area contributed by atoms with Crippen LogP contribution in [0.25, 0.3) is 22.2 Å². The van der Waals surface area contributed by atoms with Crippen LogP contribution in [0.3, 0.4) is 0 Å². The zero-order valence-corrected chi connectivity index (χ0v) is 19.1. The Morgan fingerprint density at radius 1 is 1.16 bits per heavy atom. The minimum absolute atomic E-state index is 0.105. The van der Waals surface area contributed by atoms with Crippen LogP contribution in [-0.4, -0.2) is 26.2 Å². The lowest BCUT2D eigenvalue weighted by Crippen LogP contribution is -2.23. The average molecular weight is 485 g/mol. The summed E-state index contributed by atoms with van der Waals surface area (Å²) in [6, 6.07) is 14.8. The number of amides is 1. The summed E-state index contributed by atoms with van der Waals surface area (Å²) in [5, 5.41) is 4.14. The number of hydrogen-bond donors (Lipinski definition) is 2. The number of aromatic nitrogens is 3. The van der Waals surface area contributed by atoms with Gasteiger partial charge in [-0.1, -0.05) is 65.3 Å². The Kier molecular flexibility index (Phi) is 5.71. The minimum Gasteiger partial charge on any atom is -0.355 e. The molecule has 1 aliphatic carbocycles. The molecule has 32 heavy (non-hydrogen) atoms. The van der Waals surface area contributed by atoms with Crippen LogP contribution in [0.2, 0.25) is 10.0 Å². The van der Waals surface area contributed by atoms with Crippen LogP contribution < -0.4 is 10.9 Å². The molecular weight excluding hydrogens is 467 g/mol. The standard InChI is InChI=1S/C23H18Cl2N4O2S/c24-17-9-6-14(10-18(17)25)27-19(30)12-32-23-28-20-16(13-4-2-1-3-5-13)11-26-21(20)22(31)29(23)15-7-8-15/h1-6,9-11,15,26H,7-8,12H2,(H,27,30). The molecule has 1 amide bonds. The van der Waals surface area contributed by atoms with Gasteiger partial charge in [-0.25, -0.2) is 4.98 Å². The summed E-state index contributed by atoms with van der Waals surface area (Å²) in [5.41, 5.74) is 3.40. The molecule has 2 N–H and O–H groups in total. The molecule has 162 valence electrons. The second kappa shape index (κ2) is 8.65. The normalized spacial score (nSPS) is 13.4. The number of carbonyl (C=O) groups is 1. The van der Waals surface area contributed by atoms with E-state index in [9.17, 15) is 9.59 Å². The van der Waals surface area contributed by atoms with Gasteiger partial charge in [0.25, 0.3) is 5.56 Å². The summed E-state index contributed by atoms with van der Waals surface area (Å²) in [4.78, 5) is 33.7. The molecular formula is C23H18Cl2N4O2S. The highest BCUT2D eigenvalue weighted by Gasteiger charge is 2.29. The highest BCUT2D eigenvalue weighted by atomic mass is 35.5. The van der Waals surface area contributed by atoms with Gasteiger partial charge in [0.15, 0.2) is 5.16 Å². The molecule has 5 rings (SSSR count). The zero-order valence-electron chi connectivity index (χ0n) is 16.8. The Labute approximate surface area is 198 Å². The fourth-order valence-corrected chi connectivity index (χ4v) is 4.70. The van der Waals surface area contributed by atoms with Crippen molar-refractivity contribution in [3.63, 3.8) is 0 Å². The van der Waals surface area contributed by atoms with Gasteiger partial charge in [-0.3, -0.25) is 14.2 Å². The van der Waals surface area contributed by atoms with Gasteiger partial charge in [-0.05, 0) is 36.6 Å². The monoisotopic (exact) mass is 484 g/mol. The highest BCUT2D eigenvalue weighted by molar-refractivity contribution is 7.99. The van der Waals surface area contributed by atoms with E-state index in [1.807, 2.05) is 36.5 Å². The number of carbonyl (C=O) groups excluding carboxylic acids is 1. The van der Waals surface area contributed by atoms with Crippen LogP contribution in [0.1, 0.15) is 18.9 Å². The van der Waals surface area contributed by atoms with Gasteiger partial charge < -0.3 is 10.3 Å². The Morgan fingerprint density at radius 2 is 1.94 bits per heavy atom. The van der Waals surface area contributed by atoms with Crippen molar-refractivity contribution in [2.45, 2.75) is 24.0 Å². The maximum Gasteiger partial charge on any atom is 0.278 e. The van der Waals surface area contributed by atoms with Crippen LogP contribution in [-0.2, 0) is 4.79 Å². The van der Waals surface area contributed by atoms with E-state index in [0.29, 0.717) is 31.9 Å². The molecule has 2 aromatic heterocycles. The minimum atomic E-state index is -0.220. The summed E-state index contributed by atoms with van der Waals surface area (Å²) in [6.07, 6.45) is 3.68. The lowest BCUT2D eigenvalue weighted by molar-refractivity contribution is -0.113. The molecule has 0 bridgehead atoms. The van der Waals surface area contributed by atoms with Crippen LogP contribution >= 0.6 is 35.0 Å². The first-order valence-electron chi connectivity index (χ1n) is 10.1. The fourth-order valence-electron chi connectivity index (χ4n) is 3.55. The molecule has 1 fully saturated rings. The molecule has 0 radical (unpaired) electrons. The molecule has 1 aliphatic rings. The SMILES string of the molecule is O=C(CSc1nc2c(-c3ccccc3)c[nH]c2c(=O)n1C1CC1)Nc1ccc(Cl)c(Cl)c1. The molecule has 2 aromatic carbocycles. The van der Waals surface area contributed by atoms with Crippen molar-refractivity contribution in [3.05, 3.63) is 75.1 Å². The van der Waals surface area contributed by atoms with Gasteiger partial charge in [0.2, 0.25) is 5.91 Å². The van der Waals surface area contributed by atoms with Gasteiger partial charge in [-0.15, -0.1) is 0 Å². The van der Waals surface area contributed by atoms with Gasteiger partial charge in [-0.2, -0.15) is 0 Å². The second-order valence-corrected chi connectivity index (χ2v) is 9.32. The van der Waals surface area contributed by atoms with Crippen LogP contribution in [0, 0.1) is 0 Å². The molecule has 0 spiro atoms. The smallest absolute Gasteiger partial charge is 0.278 e. The third-order valence-electron chi connectivity index (χ3n) is 5.23. The van der Waals surface area contributed by atoms with Crippen molar-refractivity contribution in [1.82, 2.24) is 14.5 Å². The van der Waals surface area contributed by atoms with Crippen LogP contribution in [0.15, 0.2) is 64.7 Å². The maximum atomic E-state index is 13.2. The van der Waals surface area contributed by atoms with Crippen molar-refractivity contribution < 1.29 is 4.79 Å². The first-order valence-corrected chi connectivity index (χ1v) is 11.8. The summed E-state index contributed by atoms with van der Waals surface area (Å²) in [6.45, 7) is 0. The number of thioether (sulfide) groups is 1. The van der Waals surface area contributed by atoms with E-state index in [1.165, 1.54) is 11.8 Å². The van der Waals surface area contributed by atoms with Crippen LogP contribution in [0.5, 0.6) is 0 Å². The van der Waals surface area contributed by atoms with Crippen LogP contribution in [0.4, 0.5) is 5.69 Å². The fraction of sp³-hybridized carbons (Fsp3) is 0.174. The number of aromatic amines is 1. The molecule has 0 atom stereocenters. The summed E-state index contributed by atoms with van der Waals surface area (Å²) < 4.78 is 1.71. The van der Waals surface area contributed by atoms with E-state index in [4.69, 9.17) is 28.2 Å². The predicted molar refractivity (Wildman–Crippen MR) is 130 cm³/mol. The molecule has 2 heterocycles. The van der Waals surface area contributed by atoms with Gasteiger partial charge in [0, 0.05) is 23.5 Å².